The topological polar surface area (TPSA) is 84.5 Å². The average molecular weight is 391 g/mol. The minimum Gasteiger partial charge on any atom is -0.481 e. The summed E-state index contributed by atoms with van der Waals surface area (Å²) in [6, 6.07) is 14.2. The van der Waals surface area contributed by atoms with E-state index in [1.165, 1.54) is 5.56 Å². The highest BCUT2D eigenvalue weighted by Gasteiger charge is 2.18. The third kappa shape index (κ3) is 6.29. The Morgan fingerprint density at radius 2 is 1.56 bits per heavy atom. The quantitative estimate of drug-likeness (QED) is 0.786. The summed E-state index contributed by atoms with van der Waals surface area (Å²) >= 11 is 0. The monoisotopic (exact) mass is 390 g/mol. The van der Waals surface area contributed by atoms with Crippen molar-refractivity contribution in [3.05, 3.63) is 54.1 Å². The van der Waals surface area contributed by atoms with Crippen molar-refractivity contribution in [3.8, 4) is 5.75 Å². The largest absolute Gasteiger partial charge is 0.481 e. The van der Waals surface area contributed by atoms with E-state index >= 15 is 0 Å². The Bertz CT molecular complexity index is 900. The first-order valence-corrected chi connectivity index (χ1v) is 10.5. The van der Waals surface area contributed by atoms with Crippen LogP contribution >= 0.6 is 0 Å². The normalized spacial score (nSPS) is 12.9. The molecule has 0 spiro atoms. The minimum atomic E-state index is -3.45. The summed E-state index contributed by atoms with van der Waals surface area (Å²) in [6.07, 6.45) is 0.301. The number of nitrogens with one attached hydrogen (secondary N) is 2. The van der Waals surface area contributed by atoms with Crippen LogP contribution < -0.4 is 14.8 Å². The molecule has 0 aliphatic carbocycles. The number of para-hydroxylation sites is 2. The SMILES string of the molecule is CC(Oc1ccc(C(C)(C)C)cc1)C(=O)Nc1ccccc1NS(C)(=O)=O. The van der Waals surface area contributed by atoms with E-state index in [-0.39, 0.29) is 11.3 Å². The van der Waals surface area contributed by atoms with Crippen molar-refractivity contribution in [2.75, 3.05) is 16.3 Å². The summed E-state index contributed by atoms with van der Waals surface area (Å²) in [7, 11) is -3.45. The molecule has 6 nitrogen and oxygen atoms in total. The van der Waals surface area contributed by atoms with Crippen LogP contribution in [0.2, 0.25) is 0 Å². The molecule has 146 valence electrons. The summed E-state index contributed by atoms with van der Waals surface area (Å²) in [5.41, 5.74) is 1.88. The van der Waals surface area contributed by atoms with Crippen molar-refractivity contribution < 1.29 is 17.9 Å². The molecule has 0 saturated carbocycles. The lowest BCUT2D eigenvalue weighted by Gasteiger charge is -2.20. The van der Waals surface area contributed by atoms with Gasteiger partial charge in [0.25, 0.3) is 5.91 Å². The number of amides is 1. The lowest BCUT2D eigenvalue weighted by atomic mass is 9.87. The zero-order chi connectivity index (χ0) is 20.2. The van der Waals surface area contributed by atoms with E-state index < -0.39 is 16.1 Å². The molecular formula is C20H26N2O4S. The average Bonchev–Trinajstić information content (AvgIpc) is 2.55. The smallest absolute Gasteiger partial charge is 0.265 e. The molecule has 0 aliphatic heterocycles. The third-order valence-corrected chi connectivity index (χ3v) is 4.47. The van der Waals surface area contributed by atoms with Gasteiger partial charge in [-0.3, -0.25) is 9.52 Å². The van der Waals surface area contributed by atoms with Crippen molar-refractivity contribution in [2.24, 2.45) is 0 Å². The summed E-state index contributed by atoms with van der Waals surface area (Å²) < 4.78 is 31.0. The molecule has 2 N–H and O–H groups in total. The van der Waals surface area contributed by atoms with Gasteiger partial charge in [0.2, 0.25) is 10.0 Å². The van der Waals surface area contributed by atoms with Gasteiger partial charge >= 0.3 is 0 Å². The molecule has 1 unspecified atom stereocenters. The van der Waals surface area contributed by atoms with Crippen LogP contribution in [0.5, 0.6) is 5.75 Å². The second kappa shape index (κ2) is 8.00. The fraction of sp³-hybridized carbons (Fsp3) is 0.350. The number of benzene rings is 2. The fourth-order valence-electron chi connectivity index (χ4n) is 2.41. The standard InChI is InChI=1S/C20H26N2O4S/c1-14(26-16-12-10-15(11-13-16)20(2,3)4)19(23)21-17-8-6-7-9-18(17)22-27(5,24)25/h6-14,22H,1-5H3,(H,21,23). The lowest BCUT2D eigenvalue weighted by molar-refractivity contribution is -0.122. The maximum atomic E-state index is 12.4. The zero-order valence-corrected chi connectivity index (χ0v) is 17.1. The van der Waals surface area contributed by atoms with Crippen molar-refractivity contribution in [3.63, 3.8) is 0 Å². The predicted octanol–water partition coefficient (Wildman–Crippen LogP) is 3.76. The van der Waals surface area contributed by atoms with Gasteiger partial charge < -0.3 is 10.1 Å². The molecule has 2 aromatic carbocycles. The fourth-order valence-corrected chi connectivity index (χ4v) is 2.98. The Hall–Kier alpha value is -2.54. The van der Waals surface area contributed by atoms with Gasteiger partial charge in [-0.05, 0) is 42.2 Å². The van der Waals surface area contributed by atoms with Crippen LogP contribution in [0.3, 0.4) is 0 Å². The van der Waals surface area contributed by atoms with Gasteiger partial charge in [-0.1, -0.05) is 45.0 Å². The van der Waals surface area contributed by atoms with E-state index in [1.54, 1.807) is 31.2 Å². The summed E-state index contributed by atoms with van der Waals surface area (Å²) in [5, 5.41) is 2.70. The molecule has 7 heteroatoms. The van der Waals surface area contributed by atoms with Crippen LogP contribution in [0.1, 0.15) is 33.3 Å². The summed E-state index contributed by atoms with van der Waals surface area (Å²) in [6.45, 7) is 8.02. The summed E-state index contributed by atoms with van der Waals surface area (Å²) in [5.74, 6) is 0.214. The second-order valence-electron chi connectivity index (χ2n) is 7.44. The Morgan fingerprint density at radius 3 is 2.07 bits per heavy atom. The number of carbonyl (C=O) groups is 1. The Morgan fingerprint density at radius 1 is 1.00 bits per heavy atom. The van der Waals surface area contributed by atoms with Crippen molar-refractivity contribution in [1.29, 1.82) is 0 Å². The van der Waals surface area contributed by atoms with Gasteiger partial charge in [-0.2, -0.15) is 0 Å². The number of hydrogen-bond acceptors (Lipinski definition) is 4. The van der Waals surface area contributed by atoms with Crippen molar-refractivity contribution in [1.82, 2.24) is 0 Å². The molecule has 1 amide bonds. The van der Waals surface area contributed by atoms with Gasteiger partial charge in [-0.15, -0.1) is 0 Å². The maximum Gasteiger partial charge on any atom is 0.265 e. The van der Waals surface area contributed by atoms with Crippen LogP contribution in [0, 0.1) is 0 Å². The van der Waals surface area contributed by atoms with E-state index in [0.29, 0.717) is 17.1 Å². The lowest BCUT2D eigenvalue weighted by Crippen LogP contribution is -2.30. The van der Waals surface area contributed by atoms with Gasteiger partial charge in [0.15, 0.2) is 6.10 Å². The van der Waals surface area contributed by atoms with Crippen LogP contribution in [-0.4, -0.2) is 26.7 Å². The molecule has 1 atom stereocenters. The van der Waals surface area contributed by atoms with Crippen LogP contribution in [0.25, 0.3) is 0 Å². The molecule has 27 heavy (non-hydrogen) atoms. The first kappa shape index (κ1) is 20.8. The number of rotatable bonds is 6. The second-order valence-corrected chi connectivity index (χ2v) is 9.19. The van der Waals surface area contributed by atoms with Gasteiger partial charge in [0.1, 0.15) is 5.75 Å². The number of ether oxygens (including phenoxy) is 1. The van der Waals surface area contributed by atoms with Crippen LogP contribution in [0.4, 0.5) is 11.4 Å². The van der Waals surface area contributed by atoms with Gasteiger partial charge in [0, 0.05) is 0 Å². The molecule has 0 aromatic heterocycles. The first-order chi connectivity index (χ1) is 12.5. The molecular weight excluding hydrogens is 364 g/mol. The minimum absolute atomic E-state index is 0.0395. The van der Waals surface area contributed by atoms with Gasteiger partial charge in [0.05, 0.1) is 17.6 Å². The highest BCUT2D eigenvalue weighted by Crippen LogP contribution is 2.25. The molecule has 2 aromatic rings. The molecule has 0 saturated heterocycles. The third-order valence-electron chi connectivity index (χ3n) is 3.88. The molecule has 0 radical (unpaired) electrons. The van der Waals surface area contributed by atoms with E-state index in [2.05, 4.69) is 30.8 Å². The number of anilines is 2. The molecule has 0 aliphatic rings. The maximum absolute atomic E-state index is 12.4. The molecule has 2 rings (SSSR count). The highest BCUT2D eigenvalue weighted by molar-refractivity contribution is 7.92. The number of carbonyl (C=O) groups excluding carboxylic acids is 1. The Kier molecular flexibility index (Phi) is 6.15. The Labute approximate surface area is 161 Å². The molecule has 0 bridgehead atoms. The van der Waals surface area contributed by atoms with Crippen molar-refractivity contribution in [2.45, 2.75) is 39.2 Å². The number of sulfonamides is 1. The van der Waals surface area contributed by atoms with E-state index in [9.17, 15) is 13.2 Å². The molecule has 0 heterocycles. The summed E-state index contributed by atoms with van der Waals surface area (Å²) in [4.78, 5) is 12.4. The van der Waals surface area contributed by atoms with Gasteiger partial charge in [-0.25, -0.2) is 8.42 Å². The van der Waals surface area contributed by atoms with E-state index in [0.717, 1.165) is 6.26 Å². The van der Waals surface area contributed by atoms with E-state index in [4.69, 9.17) is 4.74 Å². The highest BCUT2D eigenvalue weighted by atomic mass is 32.2. The Balaban J connectivity index is 2.06. The zero-order valence-electron chi connectivity index (χ0n) is 16.2. The predicted molar refractivity (Wildman–Crippen MR) is 109 cm³/mol. The first-order valence-electron chi connectivity index (χ1n) is 8.60. The molecule has 0 fully saturated rings. The van der Waals surface area contributed by atoms with Crippen molar-refractivity contribution >= 4 is 27.3 Å². The van der Waals surface area contributed by atoms with E-state index in [1.807, 2.05) is 24.3 Å². The van der Waals surface area contributed by atoms with Crippen LogP contribution in [-0.2, 0) is 20.2 Å². The number of hydrogen-bond donors (Lipinski definition) is 2. The van der Waals surface area contributed by atoms with Crippen LogP contribution in [0.15, 0.2) is 48.5 Å².